The molecule has 0 spiro atoms. The largest absolute Gasteiger partial charge is 0.377 e. The summed E-state index contributed by atoms with van der Waals surface area (Å²) >= 11 is 0. The Kier molecular flexibility index (Phi) is 5.50. The van der Waals surface area contributed by atoms with E-state index in [4.69, 9.17) is 0 Å². The van der Waals surface area contributed by atoms with Crippen LogP contribution in [0, 0.1) is 0 Å². The minimum Gasteiger partial charge on any atom is -0.377 e. The first-order chi connectivity index (χ1) is 9.11. The van der Waals surface area contributed by atoms with E-state index in [2.05, 4.69) is 15.0 Å². The second-order valence-corrected chi connectivity index (χ2v) is 7.51. The van der Waals surface area contributed by atoms with Crippen LogP contribution in [0.2, 0.25) is 0 Å². The zero-order valence-corrected chi connectivity index (χ0v) is 13.6. The smallest absolute Gasteiger partial charge is 0.209 e. The highest BCUT2D eigenvalue weighted by atomic mass is 32.2. The molecule has 0 unspecified atom stereocenters. The van der Waals surface area contributed by atoms with Crippen molar-refractivity contribution in [3.8, 4) is 0 Å². The molecule has 0 bridgehead atoms. The molecule has 0 aliphatic carbocycles. The molecule has 0 amide bonds. The number of rotatable bonds is 7. The third kappa shape index (κ3) is 5.85. The topological polar surface area (TPSA) is 74.3 Å². The SMILES string of the molecule is CN(C)c1ccncc1CNCC(C)(C)NS(C)(=O)=O. The molecule has 1 rings (SSSR count). The summed E-state index contributed by atoms with van der Waals surface area (Å²) in [7, 11) is 0.751. The van der Waals surface area contributed by atoms with Crippen molar-refractivity contribution < 1.29 is 8.42 Å². The van der Waals surface area contributed by atoms with Gasteiger partial charge in [-0.05, 0) is 19.9 Å². The summed E-state index contributed by atoms with van der Waals surface area (Å²) in [6.07, 6.45) is 4.74. The molecule has 0 aromatic carbocycles. The lowest BCUT2D eigenvalue weighted by molar-refractivity contribution is 0.421. The summed E-state index contributed by atoms with van der Waals surface area (Å²) in [5, 5.41) is 3.27. The van der Waals surface area contributed by atoms with Gasteiger partial charge in [0.2, 0.25) is 10.0 Å². The fourth-order valence-corrected chi connectivity index (χ4v) is 3.12. The van der Waals surface area contributed by atoms with Crippen LogP contribution in [0.3, 0.4) is 0 Å². The first-order valence-corrected chi connectivity index (χ1v) is 8.30. The summed E-state index contributed by atoms with van der Waals surface area (Å²) in [5.74, 6) is 0. The average molecular weight is 300 g/mol. The predicted octanol–water partition coefficient (Wildman–Crippen LogP) is 0.565. The maximum atomic E-state index is 11.3. The standard InChI is InChI=1S/C13H24N4O2S/c1-13(2,16-20(5,18)19)10-15-9-11-8-14-7-6-12(11)17(3)4/h6-8,15-16H,9-10H2,1-5H3. The van der Waals surface area contributed by atoms with Crippen molar-refractivity contribution in [3.05, 3.63) is 24.0 Å². The van der Waals surface area contributed by atoms with Crippen LogP contribution < -0.4 is 14.9 Å². The molecule has 0 aliphatic rings. The van der Waals surface area contributed by atoms with Crippen molar-refractivity contribution in [2.24, 2.45) is 0 Å². The zero-order chi connectivity index (χ0) is 15.4. The fraction of sp³-hybridized carbons (Fsp3) is 0.615. The normalized spacial score (nSPS) is 12.4. The molecule has 0 atom stereocenters. The third-order valence-corrected chi connectivity index (χ3v) is 3.63. The number of aromatic nitrogens is 1. The molecular formula is C13H24N4O2S. The van der Waals surface area contributed by atoms with Crippen LogP contribution in [-0.4, -0.2) is 45.8 Å². The van der Waals surface area contributed by atoms with Crippen LogP contribution in [0.15, 0.2) is 18.5 Å². The zero-order valence-electron chi connectivity index (χ0n) is 12.8. The van der Waals surface area contributed by atoms with Gasteiger partial charge in [0.05, 0.1) is 6.26 Å². The van der Waals surface area contributed by atoms with Crippen LogP contribution in [0.1, 0.15) is 19.4 Å². The molecule has 0 aliphatic heterocycles. The Hall–Kier alpha value is -1.18. The number of anilines is 1. The van der Waals surface area contributed by atoms with Gasteiger partial charge in [0.15, 0.2) is 0 Å². The summed E-state index contributed by atoms with van der Waals surface area (Å²) in [4.78, 5) is 6.15. The molecule has 6 nitrogen and oxygen atoms in total. The molecule has 1 heterocycles. The second-order valence-electron chi connectivity index (χ2n) is 5.76. The van der Waals surface area contributed by atoms with Crippen LogP contribution in [0.25, 0.3) is 0 Å². The Morgan fingerprint density at radius 1 is 1.35 bits per heavy atom. The van der Waals surface area contributed by atoms with E-state index in [1.165, 1.54) is 6.26 Å². The predicted molar refractivity (Wildman–Crippen MR) is 82.3 cm³/mol. The number of sulfonamides is 1. The van der Waals surface area contributed by atoms with Gasteiger partial charge in [-0.25, -0.2) is 13.1 Å². The van der Waals surface area contributed by atoms with E-state index in [-0.39, 0.29) is 0 Å². The maximum absolute atomic E-state index is 11.3. The quantitative estimate of drug-likeness (QED) is 0.770. The molecule has 0 saturated carbocycles. The molecule has 2 N–H and O–H groups in total. The van der Waals surface area contributed by atoms with Crippen LogP contribution in [0.5, 0.6) is 0 Å². The fourth-order valence-electron chi connectivity index (χ4n) is 2.04. The van der Waals surface area contributed by atoms with Gasteiger partial charge in [0.1, 0.15) is 0 Å². The lowest BCUT2D eigenvalue weighted by Gasteiger charge is -2.26. The van der Waals surface area contributed by atoms with Crippen molar-refractivity contribution in [2.75, 3.05) is 31.8 Å². The Labute approximate surface area is 121 Å². The first kappa shape index (κ1) is 16.9. The first-order valence-electron chi connectivity index (χ1n) is 6.41. The summed E-state index contributed by atoms with van der Waals surface area (Å²) in [6, 6.07) is 1.96. The minimum atomic E-state index is -3.21. The molecule has 0 saturated heterocycles. The van der Waals surface area contributed by atoms with E-state index in [0.717, 1.165) is 11.3 Å². The molecule has 0 radical (unpaired) electrons. The van der Waals surface area contributed by atoms with Crippen molar-refractivity contribution in [1.29, 1.82) is 0 Å². The van der Waals surface area contributed by atoms with E-state index in [1.54, 1.807) is 6.20 Å². The lowest BCUT2D eigenvalue weighted by Crippen LogP contribution is -2.49. The molecule has 0 fully saturated rings. The van der Waals surface area contributed by atoms with Crippen LogP contribution in [-0.2, 0) is 16.6 Å². The van der Waals surface area contributed by atoms with E-state index in [0.29, 0.717) is 13.1 Å². The highest BCUT2D eigenvalue weighted by Gasteiger charge is 2.21. The summed E-state index contributed by atoms with van der Waals surface area (Å²) in [6.45, 7) is 4.85. The van der Waals surface area contributed by atoms with Crippen molar-refractivity contribution in [3.63, 3.8) is 0 Å². The van der Waals surface area contributed by atoms with Gasteiger partial charge >= 0.3 is 0 Å². The number of nitrogens with one attached hydrogen (secondary N) is 2. The van der Waals surface area contributed by atoms with Gasteiger partial charge in [-0.15, -0.1) is 0 Å². The summed E-state index contributed by atoms with van der Waals surface area (Å²) in [5.41, 5.74) is 1.64. The van der Waals surface area contributed by atoms with Gasteiger partial charge in [-0.1, -0.05) is 0 Å². The number of hydrogen-bond donors (Lipinski definition) is 2. The number of pyridine rings is 1. The van der Waals surface area contributed by atoms with Gasteiger partial charge in [0.25, 0.3) is 0 Å². The Balaban J connectivity index is 2.61. The molecular weight excluding hydrogens is 276 g/mol. The minimum absolute atomic E-state index is 0.530. The number of hydrogen-bond acceptors (Lipinski definition) is 5. The van der Waals surface area contributed by atoms with Gasteiger partial charge in [-0.2, -0.15) is 0 Å². The van der Waals surface area contributed by atoms with E-state index < -0.39 is 15.6 Å². The Morgan fingerprint density at radius 3 is 2.55 bits per heavy atom. The molecule has 7 heteroatoms. The van der Waals surface area contributed by atoms with Crippen LogP contribution >= 0.6 is 0 Å². The van der Waals surface area contributed by atoms with Crippen molar-refractivity contribution >= 4 is 15.7 Å². The Bertz CT molecular complexity index is 541. The maximum Gasteiger partial charge on any atom is 0.209 e. The monoisotopic (exact) mass is 300 g/mol. The van der Waals surface area contributed by atoms with Gasteiger partial charge in [0, 0.05) is 56.4 Å². The molecule has 114 valence electrons. The van der Waals surface area contributed by atoms with E-state index in [9.17, 15) is 8.42 Å². The van der Waals surface area contributed by atoms with E-state index >= 15 is 0 Å². The van der Waals surface area contributed by atoms with Gasteiger partial charge < -0.3 is 10.2 Å². The highest BCUT2D eigenvalue weighted by Crippen LogP contribution is 2.16. The average Bonchev–Trinajstić information content (AvgIpc) is 2.25. The van der Waals surface area contributed by atoms with E-state index in [1.807, 2.05) is 45.1 Å². The third-order valence-electron chi connectivity index (χ3n) is 2.70. The van der Waals surface area contributed by atoms with Gasteiger partial charge in [-0.3, -0.25) is 4.98 Å². The Morgan fingerprint density at radius 2 is 2.00 bits per heavy atom. The second kappa shape index (κ2) is 6.51. The summed E-state index contributed by atoms with van der Waals surface area (Å²) < 4.78 is 25.1. The molecule has 20 heavy (non-hydrogen) atoms. The lowest BCUT2D eigenvalue weighted by atomic mass is 10.1. The number of nitrogens with zero attached hydrogens (tertiary/aromatic N) is 2. The molecule has 1 aromatic rings. The van der Waals surface area contributed by atoms with Crippen molar-refractivity contribution in [2.45, 2.75) is 25.9 Å². The highest BCUT2D eigenvalue weighted by molar-refractivity contribution is 7.88. The molecule has 1 aromatic heterocycles. The van der Waals surface area contributed by atoms with Crippen LogP contribution in [0.4, 0.5) is 5.69 Å². The van der Waals surface area contributed by atoms with Crippen molar-refractivity contribution in [1.82, 2.24) is 15.0 Å².